The maximum absolute atomic E-state index is 6.23. The summed E-state index contributed by atoms with van der Waals surface area (Å²) >= 11 is 6.23. The standard InChI is InChI=1S/C16H25ClN2O/c1-4-20-16-8-7-14(10-15(16)17)18-12(2)13-6-5-9-19(3)11-13/h7-8,10,12-13,18H,4-6,9,11H2,1-3H3. The highest BCUT2D eigenvalue weighted by atomic mass is 35.5. The van der Waals surface area contributed by atoms with Gasteiger partial charge in [0.2, 0.25) is 0 Å². The molecule has 1 aromatic rings. The highest BCUT2D eigenvalue weighted by molar-refractivity contribution is 6.32. The van der Waals surface area contributed by atoms with Crippen LogP contribution in [0.15, 0.2) is 18.2 Å². The molecule has 0 aromatic heterocycles. The number of piperidine rings is 1. The quantitative estimate of drug-likeness (QED) is 0.892. The van der Waals surface area contributed by atoms with Crippen molar-refractivity contribution in [2.24, 2.45) is 5.92 Å². The van der Waals surface area contributed by atoms with Crippen LogP contribution in [0.4, 0.5) is 5.69 Å². The van der Waals surface area contributed by atoms with E-state index in [-0.39, 0.29) is 0 Å². The Morgan fingerprint density at radius 3 is 2.95 bits per heavy atom. The van der Waals surface area contributed by atoms with Crippen molar-refractivity contribution in [3.63, 3.8) is 0 Å². The smallest absolute Gasteiger partial charge is 0.138 e. The molecular formula is C16H25ClN2O. The van der Waals surface area contributed by atoms with Crippen LogP contribution in [0.25, 0.3) is 0 Å². The van der Waals surface area contributed by atoms with Gasteiger partial charge in [-0.25, -0.2) is 0 Å². The highest BCUT2D eigenvalue weighted by Crippen LogP contribution is 2.29. The molecule has 1 saturated heterocycles. The zero-order chi connectivity index (χ0) is 14.5. The molecule has 1 aromatic carbocycles. The number of anilines is 1. The molecule has 0 amide bonds. The fourth-order valence-corrected chi connectivity index (χ4v) is 3.09. The number of ether oxygens (including phenoxy) is 1. The van der Waals surface area contributed by atoms with Crippen molar-refractivity contribution in [3.05, 3.63) is 23.2 Å². The molecule has 1 aliphatic heterocycles. The van der Waals surface area contributed by atoms with Gasteiger partial charge in [-0.15, -0.1) is 0 Å². The highest BCUT2D eigenvalue weighted by Gasteiger charge is 2.22. The van der Waals surface area contributed by atoms with Gasteiger partial charge in [-0.2, -0.15) is 0 Å². The van der Waals surface area contributed by atoms with Gasteiger partial charge in [0.05, 0.1) is 11.6 Å². The third-order valence-electron chi connectivity index (χ3n) is 3.99. The van der Waals surface area contributed by atoms with Crippen LogP contribution in [0.1, 0.15) is 26.7 Å². The fraction of sp³-hybridized carbons (Fsp3) is 0.625. The first-order chi connectivity index (χ1) is 9.60. The number of rotatable bonds is 5. The van der Waals surface area contributed by atoms with Gasteiger partial charge in [-0.1, -0.05) is 11.6 Å². The Kier molecular flexibility index (Phi) is 5.55. The van der Waals surface area contributed by atoms with Crippen LogP contribution in [0, 0.1) is 5.92 Å². The number of likely N-dealkylation sites (tertiary alicyclic amines) is 1. The van der Waals surface area contributed by atoms with Crippen molar-refractivity contribution in [2.75, 3.05) is 32.1 Å². The van der Waals surface area contributed by atoms with Gasteiger partial charge in [0.15, 0.2) is 0 Å². The lowest BCUT2D eigenvalue weighted by Gasteiger charge is -2.34. The number of halogens is 1. The predicted molar refractivity (Wildman–Crippen MR) is 85.9 cm³/mol. The zero-order valence-corrected chi connectivity index (χ0v) is 13.4. The molecule has 0 aliphatic carbocycles. The molecule has 2 unspecified atom stereocenters. The monoisotopic (exact) mass is 296 g/mol. The van der Waals surface area contributed by atoms with E-state index in [4.69, 9.17) is 16.3 Å². The third-order valence-corrected chi connectivity index (χ3v) is 4.29. The minimum Gasteiger partial charge on any atom is -0.492 e. The molecule has 0 radical (unpaired) electrons. The number of benzene rings is 1. The molecule has 112 valence electrons. The molecule has 1 N–H and O–H groups in total. The molecule has 20 heavy (non-hydrogen) atoms. The largest absolute Gasteiger partial charge is 0.492 e. The van der Waals surface area contributed by atoms with E-state index in [1.54, 1.807) is 0 Å². The third kappa shape index (κ3) is 4.03. The van der Waals surface area contributed by atoms with E-state index in [2.05, 4.69) is 24.2 Å². The van der Waals surface area contributed by atoms with E-state index in [0.717, 1.165) is 11.4 Å². The molecule has 3 nitrogen and oxygen atoms in total. The summed E-state index contributed by atoms with van der Waals surface area (Å²) in [5.41, 5.74) is 1.07. The van der Waals surface area contributed by atoms with Crippen LogP contribution < -0.4 is 10.1 Å². The van der Waals surface area contributed by atoms with Crippen molar-refractivity contribution < 1.29 is 4.74 Å². The van der Waals surface area contributed by atoms with Gasteiger partial charge < -0.3 is 15.0 Å². The SMILES string of the molecule is CCOc1ccc(NC(C)C2CCCN(C)C2)cc1Cl. The average Bonchev–Trinajstić information content (AvgIpc) is 2.42. The molecular weight excluding hydrogens is 272 g/mol. The summed E-state index contributed by atoms with van der Waals surface area (Å²) in [6, 6.07) is 6.38. The summed E-state index contributed by atoms with van der Waals surface area (Å²) in [6.07, 6.45) is 2.58. The van der Waals surface area contributed by atoms with Crippen LogP contribution in [-0.4, -0.2) is 37.7 Å². The van der Waals surface area contributed by atoms with Crippen molar-refractivity contribution >= 4 is 17.3 Å². The average molecular weight is 297 g/mol. The lowest BCUT2D eigenvalue weighted by molar-refractivity contribution is 0.197. The van der Waals surface area contributed by atoms with E-state index in [9.17, 15) is 0 Å². The molecule has 0 spiro atoms. The van der Waals surface area contributed by atoms with Gasteiger partial charge >= 0.3 is 0 Å². The van der Waals surface area contributed by atoms with Gasteiger partial charge in [-0.3, -0.25) is 0 Å². The fourth-order valence-electron chi connectivity index (χ4n) is 2.86. The Hall–Kier alpha value is -0.930. The second-order valence-corrected chi connectivity index (χ2v) is 6.08. The van der Waals surface area contributed by atoms with Gasteiger partial charge in [-0.05, 0) is 64.4 Å². The topological polar surface area (TPSA) is 24.5 Å². The van der Waals surface area contributed by atoms with Crippen LogP contribution in [0.5, 0.6) is 5.75 Å². The van der Waals surface area contributed by atoms with Crippen LogP contribution >= 0.6 is 11.6 Å². The molecule has 4 heteroatoms. The maximum Gasteiger partial charge on any atom is 0.138 e. The Bertz CT molecular complexity index is 438. The molecule has 2 rings (SSSR count). The predicted octanol–water partition coefficient (Wildman–Crippen LogP) is 3.88. The molecule has 0 saturated carbocycles. The van der Waals surface area contributed by atoms with Crippen LogP contribution in [0.2, 0.25) is 5.02 Å². The van der Waals surface area contributed by atoms with E-state index in [0.29, 0.717) is 23.6 Å². The van der Waals surface area contributed by atoms with E-state index in [1.165, 1.54) is 25.9 Å². The van der Waals surface area contributed by atoms with Crippen molar-refractivity contribution in [1.29, 1.82) is 0 Å². The molecule has 2 atom stereocenters. The van der Waals surface area contributed by atoms with Crippen molar-refractivity contribution in [3.8, 4) is 5.75 Å². The Morgan fingerprint density at radius 2 is 2.30 bits per heavy atom. The lowest BCUT2D eigenvalue weighted by atomic mass is 9.92. The normalized spacial score (nSPS) is 21.5. The minimum atomic E-state index is 0.451. The first kappa shape index (κ1) is 15.5. The second kappa shape index (κ2) is 7.19. The Labute approximate surface area is 127 Å². The number of nitrogens with one attached hydrogen (secondary N) is 1. The number of nitrogens with zero attached hydrogens (tertiary/aromatic N) is 1. The van der Waals surface area contributed by atoms with Gasteiger partial charge in [0.25, 0.3) is 0 Å². The summed E-state index contributed by atoms with van der Waals surface area (Å²) in [6.45, 7) is 7.24. The molecule has 1 heterocycles. The summed E-state index contributed by atoms with van der Waals surface area (Å²) in [5.74, 6) is 1.45. The van der Waals surface area contributed by atoms with Gasteiger partial charge in [0.1, 0.15) is 5.75 Å². The second-order valence-electron chi connectivity index (χ2n) is 5.68. The van der Waals surface area contributed by atoms with Gasteiger partial charge in [0, 0.05) is 18.3 Å². The Morgan fingerprint density at radius 1 is 1.50 bits per heavy atom. The number of hydrogen-bond donors (Lipinski definition) is 1. The van der Waals surface area contributed by atoms with E-state index < -0.39 is 0 Å². The van der Waals surface area contributed by atoms with Crippen LogP contribution in [-0.2, 0) is 0 Å². The summed E-state index contributed by atoms with van der Waals surface area (Å²) in [5, 5.41) is 4.25. The number of hydrogen-bond acceptors (Lipinski definition) is 3. The summed E-state index contributed by atoms with van der Waals surface area (Å²) in [7, 11) is 2.20. The first-order valence-corrected chi connectivity index (χ1v) is 7.85. The van der Waals surface area contributed by atoms with Crippen LogP contribution in [0.3, 0.4) is 0 Å². The van der Waals surface area contributed by atoms with Crippen molar-refractivity contribution in [1.82, 2.24) is 4.90 Å². The molecule has 1 fully saturated rings. The minimum absolute atomic E-state index is 0.451. The lowest BCUT2D eigenvalue weighted by Crippen LogP contribution is -2.39. The zero-order valence-electron chi connectivity index (χ0n) is 12.7. The summed E-state index contributed by atoms with van der Waals surface area (Å²) in [4.78, 5) is 2.41. The molecule has 1 aliphatic rings. The Balaban J connectivity index is 1.96. The first-order valence-electron chi connectivity index (χ1n) is 7.47. The molecule has 0 bridgehead atoms. The van der Waals surface area contributed by atoms with E-state index in [1.807, 2.05) is 25.1 Å². The van der Waals surface area contributed by atoms with Crippen molar-refractivity contribution in [2.45, 2.75) is 32.7 Å². The maximum atomic E-state index is 6.23. The summed E-state index contributed by atoms with van der Waals surface area (Å²) < 4.78 is 5.46. The van der Waals surface area contributed by atoms with E-state index >= 15 is 0 Å².